The quantitative estimate of drug-likeness (QED) is 0.643. The molecule has 0 saturated carbocycles. The van der Waals surface area contributed by atoms with Crippen molar-refractivity contribution in [3.05, 3.63) is 70.6 Å². The first-order valence-electron chi connectivity index (χ1n) is 10.7. The largest absolute Gasteiger partial charge is 0.337 e. The second-order valence-electron chi connectivity index (χ2n) is 8.14. The standard InChI is InChI=1S/C23H23F2N5O2/c1-13-14(5-2-7-16(13)24)21-27-22(32-29-21)19-9-4-12-30(19)23(31)15-6-3-8-17(25)20(15)18-10-11-26-28-18/h2-3,5-8,18-19,26,28H,4,9-12H2,1H3/t18?,19-/m0/s1. The van der Waals surface area contributed by atoms with E-state index < -0.39 is 11.9 Å². The highest BCUT2D eigenvalue weighted by Crippen LogP contribution is 2.35. The number of aromatic nitrogens is 2. The number of amides is 1. The first-order valence-corrected chi connectivity index (χ1v) is 10.7. The van der Waals surface area contributed by atoms with E-state index >= 15 is 0 Å². The molecule has 2 saturated heterocycles. The SMILES string of the molecule is Cc1c(F)cccc1-c1noc([C@@H]2CCCN2C(=O)c2cccc(F)c2C2CCNN2)n1. The zero-order chi connectivity index (χ0) is 22.2. The molecular weight excluding hydrogens is 416 g/mol. The first kappa shape index (κ1) is 20.7. The highest BCUT2D eigenvalue weighted by Gasteiger charge is 2.37. The van der Waals surface area contributed by atoms with Crippen molar-refractivity contribution in [1.29, 1.82) is 0 Å². The summed E-state index contributed by atoms with van der Waals surface area (Å²) in [6.07, 6.45) is 2.11. The minimum atomic E-state index is -0.414. The minimum Gasteiger partial charge on any atom is -0.337 e. The van der Waals surface area contributed by atoms with Gasteiger partial charge in [-0.1, -0.05) is 23.4 Å². The maximum atomic E-state index is 14.7. The fourth-order valence-electron chi connectivity index (χ4n) is 4.53. The molecule has 2 atom stereocenters. The van der Waals surface area contributed by atoms with Crippen molar-refractivity contribution in [3.8, 4) is 11.4 Å². The second-order valence-corrected chi connectivity index (χ2v) is 8.14. The summed E-state index contributed by atoms with van der Waals surface area (Å²) in [7, 11) is 0. The van der Waals surface area contributed by atoms with Crippen LogP contribution in [0.2, 0.25) is 0 Å². The van der Waals surface area contributed by atoms with Gasteiger partial charge in [0.1, 0.15) is 17.7 Å². The predicted octanol–water partition coefficient (Wildman–Crippen LogP) is 3.84. The topological polar surface area (TPSA) is 83.3 Å². The van der Waals surface area contributed by atoms with E-state index in [1.165, 1.54) is 12.1 Å². The second kappa shape index (κ2) is 8.40. The third kappa shape index (κ3) is 3.57. The van der Waals surface area contributed by atoms with Gasteiger partial charge in [0.05, 0.1) is 6.04 Å². The zero-order valence-electron chi connectivity index (χ0n) is 17.6. The fraction of sp³-hybridized carbons (Fsp3) is 0.348. The van der Waals surface area contributed by atoms with Crippen LogP contribution in [0.3, 0.4) is 0 Å². The van der Waals surface area contributed by atoms with Crippen LogP contribution in [0, 0.1) is 18.6 Å². The van der Waals surface area contributed by atoms with E-state index in [0.29, 0.717) is 54.1 Å². The molecule has 1 amide bonds. The Bertz CT molecular complexity index is 1160. The molecule has 32 heavy (non-hydrogen) atoms. The number of benzene rings is 2. The molecule has 2 aliphatic rings. The van der Waals surface area contributed by atoms with Crippen molar-refractivity contribution < 1.29 is 18.1 Å². The van der Waals surface area contributed by atoms with Crippen LogP contribution < -0.4 is 10.9 Å². The molecule has 1 unspecified atom stereocenters. The number of halogens is 2. The molecule has 0 radical (unpaired) electrons. The van der Waals surface area contributed by atoms with Gasteiger partial charge in [-0.3, -0.25) is 15.6 Å². The van der Waals surface area contributed by atoms with E-state index in [-0.39, 0.29) is 23.6 Å². The number of hydrazine groups is 1. The lowest BCUT2D eigenvalue weighted by atomic mass is 9.97. The Morgan fingerprint density at radius 1 is 1.16 bits per heavy atom. The number of hydrogen-bond donors (Lipinski definition) is 2. The molecule has 2 fully saturated rings. The summed E-state index contributed by atoms with van der Waals surface area (Å²) in [5.74, 6) is -0.441. The third-order valence-corrected chi connectivity index (χ3v) is 6.22. The van der Waals surface area contributed by atoms with E-state index in [2.05, 4.69) is 21.0 Å². The molecule has 7 nitrogen and oxygen atoms in total. The first-order chi connectivity index (χ1) is 15.5. The van der Waals surface area contributed by atoms with Crippen LogP contribution in [0.15, 0.2) is 40.9 Å². The van der Waals surface area contributed by atoms with Crippen molar-refractivity contribution in [3.63, 3.8) is 0 Å². The van der Waals surface area contributed by atoms with Gasteiger partial charge in [0.2, 0.25) is 11.7 Å². The maximum Gasteiger partial charge on any atom is 0.254 e. The molecule has 0 aliphatic carbocycles. The molecule has 5 rings (SSSR count). The van der Waals surface area contributed by atoms with Gasteiger partial charge in [0.25, 0.3) is 5.91 Å². The number of nitrogens with one attached hydrogen (secondary N) is 2. The van der Waals surface area contributed by atoms with Crippen LogP contribution in [0.1, 0.15) is 58.7 Å². The zero-order valence-corrected chi connectivity index (χ0v) is 17.6. The van der Waals surface area contributed by atoms with Crippen LogP contribution in [-0.2, 0) is 0 Å². The molecule has 9 heteroatoms. The van der Waals surface area contributed by atoms with E-state index in [9.17, 15) is 13.6 Å². The lowest BCUT2D eigenvalue weighted by Crippen LogP contribution is -2.33. The predicted molar refractivity (Wildman–Crippen MR) is 112 cm³/mol. The number of hydrogen-bond acceptors (Lipinski definition) is 6. The fourth-order valence-corrected chi connectivity index (χ4v) is 4.53. The molecule has 3 heterocycles. The number of carbonyl (C=O) groups excluding carboxylic acids is 1. The van der Waals surface area contributed by atoms with E-state index in [1.807, 2.05) is 0 Å². The van der Waals surface area contributed by atoms with Crippen molar-refractivity contribution in [2.24, 2.45) is 0 Å². The summed E-state index contributed by atoms with van der Waals surface area (Å²) in [6, 6.07) is 8.60. The van der Waals surface area contributed by atoms with Crippen LogP contribution in [0.4, 0.5) is 8.78 Å². The number of rotatable bonds is 4. The molecule has 0 spiro atoms. The summed E-state index contributed by atoms with van der Waals surface area (Å²) in [6.45, 7) is 2.86. The highest BCUT2D eigenvalue weighted by molar-refractivity contribution is 5.96. The molecule has 1 aromatic heterocycles. The van der Waals surface area contributed by atoms with Crippen molar-refractivity contribution in [2.75, 3.05) is 13.1 Å². The number of nitrogens with zero attached hydrogens (tertiary/aromatic N) is 3. The van der Waals surface area contributed by atoms with Crippen LogP contribution in [0.25, 0.3) is 11.4 Å². The highest BCUT2D eigenvalue weighted by atomic mass is 19.1. The molecule has 2 aliphatic heterocycles. The Balaban J connectivity index is 1.45. The van der Waals surface area contributed by atoms with Gasteiger partial charge in [-0.2, -0.15) is 4.98 Å². The van der Waals surface area contributed by atoms with E-state index in [1.54, 1.807) is 36.1 Å². The Labute approximate surface area is 183 Å². The van der Waals surface area contributed by atoms with Crippen molar-refractivity contribution in [2.45, 2.75) is 38.3 Å². The normalized spacial score (nSPS) is 20.8. The van der Waals surface area contributed by atoms with Crippen molar-refractivity contribution in [1.82, 2.24) is 25.9 Å². The van der Waals surface area contributed by atoms with Gasteiger partial charge in [-0.05, 0) is 49.9 Å². The lowest BCUT2D eigenvalue weighted by molar-refractivity contribution is 0.0707. The van der Waals surface area contributed by atoms with Gasteiger partial charge in [-0.15, -0.1) is 0 Å². The summed E-state index contributed by atoms with van der Waals surface area (Å²) >= 11 is 0. The Morgan fingerprint density at radius 3 is 2.78 bits per heavy atom. The van der Waals surface area contributed by atoms with Gasteiger partial charge >= 0.3 is 0 Å². The van der Waals surface area contributed by atoms with Gasteiger partial charge in [0.15, 0.2) is 0 Å². The summed E-state index contributed by atoms with van der Waals surface area (Å²) in [5, 5.41) is 4.03. The van der Waals surface area contributed by atoms with E-state index in [4.69, 9.17) is 4.52 Å². The number of likely N-dealkylation sites (tertiary alicyclic amines) is 1. The summed E-state index contributed by atoms with van der Waals surface area (Å²) in [5.41, 5.74) is 7.71. The lowest BCUT2D eigenvalue weighted by Gasteiger charge is -2.24. The van der Waals surface area contributed by atoms with Gasteiger partial charge in [0, 0.05) is 29.8 Å². The monoisotopic (exact) mass is 439 g/mol. The van der Waals surface area contributed by atoms with Crippen LogP contribution in [-0.4, -0.2) is 34.0 Å². The molecule has 0 bridgehead atoms. The third-order valence-electron chi connectivity index (χ3n) is 6.22. The Hall–Kier alpha value is -3.17. The Morgan fingerprint density at radius 2 is 1.97 bits per heavy atom. The van der Waals surface area contributed by atoms with E-state index in [0.717, 1.165) is 6.42 Å². The summed E-state index contributed by atoms with van der Waals surface area (Å²) in [4.78, 5) is 19.6. The van der Waals surface area contributed by atoms with Gasteiger partial charge < -0.3 is 9.42 Å². The molecular formula is C23H23F2N5O2. The van der Waals surface area contributed by atoms with Gasteiger partial charge in [-0.25, -0.2) is 8.78 Å². The molecule has 166 valence electrons. The number of carbonyl (C=O) groups is 1. The molecule has 2 N–H and O–H groups in total. The maximum absolute atomic E-state index is 14.7. The minimum absolute atomic E-state index is 0.266. The average molecular weight is 439 g/mol. The molecule has 2 aromatic carbocycles. The average Bonchev–Trinajstić information content (AvgIpc) is 3.56. The van der Waals surface area contributed by atoms with Crippen LogP contribution in [0.5, 0.6) is 0 Å². The van der Waals surface area contributed by atoms with Crippen molar-refractivity contribution >= 4 is 5.91 Å². The summed E-state index contributed by atoms with van der Waals surface area (Å²) < 4.78 is 34.2. The Kier molecular flexibility index (Phi) is 5.44. The van der Waals surface area contributed by atoms with Crippen LogP contribution >= 0.6 is 0 Å². The smallest absolute Gasteiger partial charge is 0.254 e. The molecule has 3 aromatic rings.